The average molecular weight is 384 g/mol. The van der Waals surface area contributed by atoms with E-state index in [2.05, 4.69) is 20.9 Å². The fraction of sp³-hybridized carbons (Fsp3) is 0.105. The average Bonchev–Trinajstić information content (AvgIpc) is 2.96. The third-order valence-corrected chi connectivity index (χ3v) is 4.29. The van der Waals surface area contributed by atoms with Crippen LogP contribution < -0.4 is 10.7 Å². The molecule has 26 heavy (non-hydrogen) atoms. The first-order valence-electron chi connectivity index (χ1n) is 8.06. The summed E-state index contributed by atoms with van der Waals surface area (Å²) in [4.78, 5) is 0. The predicted molar refractivity (Wildman–Crippen MR) is 110 cm³/mol. The lowest BCUT2D eigenvalue weighted by Crippen LogP contribution is -2.31. The summed E-state index contributed by atoms with van der Waals surface area (Å²) in [6, 6.07) is 19.8. The number of hydrazone groups is 1. The summed E-state index contributed by atoms with van der Waals surface area (Å²) in [5.41, 5.74) is 6.53. The molecule has 7 heteroatoms. The van der Waals surface area contributed by atoms with Crippen LogP contribution in [0, 0.1) is 6.92 Å². The number of hydrogen-bond acceptors (Lipinski definition) is 3. The molecular formula is C19H18ClN5S. The monoisotopic (exact) mass is 383 g/mol. The Morgan fingerprint density at radius 2 is 1.81 bits per heavy atom. The Bertz CT molecular complexity index is 906. The minimum atomic E-state index is 0.389. The van der Waals surface area contributed by atoms with Gasteiger partial charge < -0.3 is 5.32 Å². The molecule has 0 aliphatic heterocycles. The topological polar surface area (TPSA) is 54.2 Å². The van der Waals surface area contributed by atoms with E-state index < -0.39 is 0 Å². The van der Waals surface area contributed by atoms with Crippen LogP contribution in [0.2, 0.25) is 5.15 Å². The lowest BCUT2D eigenvalue weighted by Gasteiger charge is -2.06. The van der Waals surface area contributed by atoms with Gasteiger partial charge in [-0.05, 0) is 36.8 Å². The standard InChI is InChI=1S/C19H18ClN5S/c1-14-17(18(20)24-25(14)16-10-6-3-7-11-16)13-22-23-19(26)21-12-15-8-4-2-5-9-15/h2-11,13H,12H2,1H3,(H2,21,23,26)/b22-13+. The highest BCUT2D eigenvalue weighted by Crippen LogP contribution is 2.20. The number of benzene rings is 2. The van der Waals surface area contributed by atoms with Crippen LogP contribution in [0.15, 0.2) is 65.8 Å². The Morgan fingerprint density at radius 3 is 2.50 bits per heavy atom. The SMILES string of the molecule is Cc1c(/C=N/NC(=S)NCc2ccccc2)c(Cl)nn1-c1ccccc1. The van der Waals surface area contributed by atoms with Crippen LogP contribution in [0.5, 0.6) is 0 Å². The molecule has 0 unspecified atom stereocenters. The maximum absolute atomic E-state index is 6.26. The molecule has 0 amide bonds. The number of para-hydroxylation sites is 1. The zero-order chi connectivity index (χ0) is 18.4. The fourth-order valence-corrected chi connectivity index (χ4v) is 2.81. The van der Waals surface area contributed by atoms with E-state index in [1.165, 1.54) is 0 Å². The van der Waals surface area contributed by atoms with Crippen LogP contribution in [0.25, 0.3) is 5.69 Å². The maximum atomic E-state index is 6.26. The van der Waals surface area contributed by atoms with Gasteiger partial charge in [-0.15, -0.1) is 0 Å². The smallest absolute Gasteiger partial charge is 0.187 e. The lowest BCUT2D eigenvalue weighted by atomic mass is 10.2. The Labute approximate surface area is 162 Å². The summed E-state index contributed by atoms with van der Waals surface area (Å²) in [6.45, 7) is 2.58. The maximum Gasteiger partial charge on any atom is 0.187 e. The number of nitrogens with one attached hydrogen (secondary N) is 2. The molecule has 0 spiro atoms. The van der Waals surface area contributed by atoms with Gasteiger partial charge in [-0.25, -0.2) is 4.68 Å². The van der Waals surface area contributed by atoms with Crippen molar-refractivity contribution in [3.63, 3.8) is 0 Å². The Morgan fingerprint density at radius 1 is 1.15 bits per heavy atom. The zero-order valence-corrected chi connectivity index (χ0v) is 15.8. The largest absolute Gasteiger partial charge is 0.357 e. The van der Waals surface area contributed by atoms with Crippen molar-refractivity contribution < 1.29 is 0 Å². The van der Waals surface area contributed by atoms with Gasteiger partial charge in [0.15, 0.2) is 10.3 Å². The van der Waals surface area contributed by atoms with Gasteiger partial charge in [-0.3, -0.25) is 5.43 Å². The van der Waals surface area contributed by atoms with Crippen LogP contribution in [0.4, 0.5) is 0 Å². The summed E-state index contributed by atoms with van der Waals surface area (Å²) in [6.07, 6.45) is 1.63. The van der Waals surface area contributed by atoms with E-state index in [9.17, 15) is 0 Å². The van der Waals surface area contributed by atoms with E-state index in [4.69, 9.17) is 23.8 Å². The molecule has 5 nitrogen and oxygen atoms in total. The van der Waals surface area contributed by atoms with Crippen molar-refractivity contribution >= 4 is 35.1 Å². The van der Waals surface area contributed by atoms with Crippen LogP contribution in [-0.2, 0) is 6.54 Å². The van der Waals surface area contributed by atoms with Crippen LogP contribution in [0.3, 0.4) is 0 Å². The molecule has 0 saturated heterocycles. The summed E-state index contributed by atoms with van der Waals surface area (Å²) < 4.78 is 1.79. The first-order valence-corrected chi connectivity index (χ1v) is 8.85. The zero-order valence-electron chi connectivity index (χ0n) is 14.2. The van der Waals surface area contributed by atoms with Gasteiger partial charge in [-0.1, -0.05) is 60.1 Å². The molecular weight excluding hydrogens is 366 g/mol. The van der Waals surface area contributed by atoms with Crippen LogP contribution in [-0.4, -0.2) is 21.1 Å². The molecule has 1 aromatic heterocycles. The molecule has 0 saturated carbocycles. The van der Waals surface area contributed by atoms with Crippen molar-refractivity contribution in [3.05, 3.63) is 82.6 Å². The Hall–Kier alpha value is -2.70. The third kappa shape index (κ3) is 4.47. The highest BCUT2D eigenvalue weighted by Gasteiger charge is 2.12. The summed E-state index contributed by atoms with van der Waals surface area (Å²) >= 11 is 11.5. The summed E-state index contributed by atoms with van der Waals surface area (Å²) in [5.74, 6) is 0. The van der Waals surface area contributed by atoms with Gasteiger partial charge in [0.05, 0.1) is 23.2 Å². The minimum Gasteiger partial charge on any atom is -0.357 e. The minimum absolute atomic E-state index is 0.389. The lowest BCUT2D eigenvalue weighted by molar-refractivity contribution is 0.847. The summed E-state index contributed by atoms with van der Waals surface area (Å²) in [5, 5.41) is 12.5. The number of nitrogens with zero attached hydrogens (tertiary/aromatic N) is 3. The normalized spacial score (nSPS) is 10.8. The molecule has 3 rings (SSSR count). The van der Waals surface area contributed by atoms with Crippen molar-refractivity contribution in [2.45, 2.75) is 13.5 Å². The number of halogens is 1. The Kier molecular flexibility index (Phi) is 5.99. The van der Waals surface area contributed by atoms with Gasteiger partial charge in [0.25, 0.3) is 0 Å². The van der Waals surface area contributed by atoms with E-state index in [-0.39, 0.29) is 0 Å². The second kappa shape index (κ2) is 8.60. The van der Waals surface area contributed by atoms with E-state index in [1.807, 2.05) is 67.6 Å². The molecule has 2 N–H and O–H groups in total. The second-order valence-corrected chi connectivity index (χ2v) is 6.34. The molecule has 0 bridgehead atoms. The van der Waals surface area contributed by atoms with Crippen molar-refractivity contribution in [2.24, 2.45) is 5.10 Å². The van der Waals surface area contributed by atoms with E-state index >= 15 is 0 Å². The third-order valence-electron chi connectivity index (χ3n) is 3.77. The molecule has 2 aromatic carbocycles. The number of rotatable bonds is 5. The van der Waals surface area contributed by atoms with Gasteiger partial charge >= 0.3 is 0 Å². The summed E-state index contributed by atoms with van der Waals surface area (Å²) in [7, 11) is 0. The molecule has 0 atom stereocenters. The highest BCUT2D eigenvalue weighted by molar-refractivity contribution is 7.80. The fourth-order valence-electron chi connectivity index (χ4n) is 2.42. The van der Waals surface area contributed by atoms with E-state index in [0.29, 0.717) is 16.8 Å². The van der Waals surface area contributed by atoms with Crippen molar-refractivity contribution in [3.8, 4) is 5.69 Å². The molecule has 0 fully saturated rings. The molecule has 3 aromatic rings. The highest BCUT2D eigenvalue weighted by atomic mass is 35.5. The molecule has 0 aliphatic carbocycles. The number of aromatic nitrogens is 2. The quantitative estimate of drug-likeness (QED) is 0.399. The van der Waals surface area contributed by atoms with Crippen molar-refractivity contribution in [1.29, 1.82) is 0 Å². The van der Waals surface area contributed by atoms with E-state index in [1.54, 1.807) is 10.9 Å². The molecule has 132 valence electrons. The number of thiocarbonyl (C=S) groups is 1. The van der Waals surface area contributed by atoms with Crippen molar-refractivity contribution in [1.82, 2.24) is 20.5 Å². The second-order valence-electron chi connectivity index (χ2n) is 5.58. The molecule has 0 radical (unpaired) electrons. The molecule has 0 aliphatic rings. The van der Waals surface area contributed by atoms with Gasteiger partial charge in [-0.2, -0.15) is 10.2 Å². The predicted octanol–water partition coefficient (Wildman–Crippen LogP) is 3.83. The first-order chi connectivity index (χ1) is 12.6. The van der Waals surface area contributed by atoms with Crippen LogP contribution >= 0.6 is 23.8 Å². The van der Waals surface area contributed by atoms with Gasteiger partial charge in [0.1, 0.15) is 0 Å². The first kappa shape index (κ1) is 18.1. The molecule has 1 heterocycles. The number of hydrogen-bond donors (Lipinski definition) is 2. The van der Waals surface area contributed by atoms with Crippen molar-refractivity contribution in [2.75, 3.05) is 0 Å². The van der Waals surface area contributed by atoms with Gasteiger partial charge in [0, 0.05) is 6.54 Å². The van der Waals surface area contributed by atoms with Crippen LogP contribution in [0.1, 0.15) is 16.8 Å². The van der Waals surface area contributed by atoms with E-state index in [0.717, 1.165) is 22.5 Å². The van der Waals surface area contributed by atoms with Gasteiger partial charge in [0.2, 0.25) is 0 Å². The Balaban J connectivity index is 1.62.